The highest BCUT2D eigenvalue weighted by Gasteiger charge is 2.30. The maximum absolute atomic E-state index is 13.1. The highest BCUT2D eigenvalue weighted by atomic mass is 32.2. The summed E-state index contributed by atoms with van der Waals surface area (Å²) in [6, 6.07) is 5.22. The molecule has 0 aliphatic carbocycles. The first-order valence-electron chi connectivity index (χ1n) is 9.33. The van der Waals surface area contributed by atoms with Crippen molar-refractivity contribution in [3.8, 4) is 0 Å². The van der Waals surface area contributed by atoms with Gasteiger partial charge in [0, 0.05) is 36.8 Å². The van der Waals surface area contributed by atoms with Crippen molar-refractivity contribution < 1.29 is 14.5 Å². The molecule has 1 saturated heterocycles. The lowest BCUT2D eigenvalue weighted by atomic mass is 10.0. The van der Waals surface area contributed by atoms with Crippen molar-refractivity contribution in [2.75, 3.05) is 39.2 Å². The maximum atomic E-state index is 13.1. The number of nitrogens with one attached hydrogen (secondary N) is 1. The van der Waals surface area contributed by atoms with Crippen LogP contribution in [0, 0.1) is 10.1 Å². The number of hydrogen-bond acceptors (Lipinski definition) is 6. The van der Waals surface area contributed by atoms with Gasteiger partial charge in [0.2, 0.25) is 5.91 Å². The summed E-state index contributed by atoms with van der Waals surface area (Å²) < 4.78 is 0. The number of piperidine rings is 1. The topological polar surface area (TPSA) is 95.8 Å². The number of non-ortho nitro benzene ring substituents is 1. The van der Waals surface area contributed by atoms with E-state index in [-0.39, 0.29) is 17.2 Å². The van der Waals surface area contributed by atoms with E-state index in [1.54, 1.807) is 11.8 Å². The smallest absolute Gasteiger partial charge is 0.270 e. The van der Waals surface area contributed by atoms with Crippen LogP contribution in [0.3, 0.4) is 0 Å². The molecule has 1 aliphatic heterocycles. The monoisotopic (exact) mass is 408 g/mol. The molecule has 1 aliphatic rings. The zero-order valence-corrected chi connectivity index (χ0v) is 17.4. The third-order valence-corrected chi connectivity index (χ3v) is 5.62. The van der Waals surface area contributed by atoms with Gasteiger partial charge in [0.25, 0.3) is 11.6 Å². The molecule has 9 heteroatoms. The van der Waals surface area contributed by atoms with Gasteiger partial charge in [-0.15, -0.1) is 0 Å². The van der Waals surface area contributed by atoms with Crippen molar-refractivity contribution in [2.45, 2.75) is 31.3 Å². The van der Waals surface area contributed by atoms with Crippen LogP contribution in [0.1, 0.15) is 29.6 Å². The fourth-order valence-corrected chi connectivity index (χ4v) is 3.76. The molecule has 2 atom stereocenters. The summed E-state index contributed by atoms with van der Waals surface area (Å²) in [4.78, 5) is 40.1. The van der Waals surface area contributed by atoms with E-state index in [9.17, 15) is 19.7 Å². The quantitative estimate of drug-likeness (QED) is 0.522. The molecule has 154 valence electrons. The molecule has 0 bridgehead atoms. The van der Waals surface area contributed by atoms with E-state index in [1.165, 1.54) is 24.3 Å². The van der Waals surface area contributed by atoms with Crippen molar-refractivity contribution in [1.29, 1.82) is 0 Å². The Balaban J connectivity index is 2.12. The Bertz CT molecular complexity index is 713. The second-order valence-corrected chi connectivity index (χ2v) is 8.14. The van der Waals surface area contributed by atoms with Gasteiger partial charge in [0.05, 0.1) is 4.92 Å². The number of carbonyl (C=O) groups excluding carboxylic acids is 2. The molecule has 0 radical (unpaired) electrons. The van der Waals surface area contributed by atoms with E-state index in [1.807, 2.05) is 25.3 Å². The van der Waals surface area contributed by atoms with Crippen molar-refractivity contribution in [1.82, 2.24) is 15.1 Å². The largest absolute Gasteiger partial charge is 0.340 e. The molecule has 1 fully saturated rings. The van der Waals surface area contributed by atoms with Gasteiger partial charge in [-0.2, -0.15) is 11.8 Å². The average molecular weight is 409 g/mol. The predicted molar refractivity (Wildman–Crippen MR) is 111 cm³/mol. The highest BCUT2D eigenvalue weighted by Crippen LogP contribution is 2.17. The molecule has 28 heavy (non-hydrogen) atoms. The lowest BCUT2D eigenvalue weighted by Crippen LogP contribution is -2.54. The lowest BCUT2D eigenvalue weighted by Gasteiger charge is -2.37. The summed E-state index contributed by atoms with van der Waals surface area (Å²) in [7, 11) is 4.02. The summed E-state index contributed by atoms with van der Waals surface area (Å²) in [6.07, 6.45) is 4.45. The van der Waals surface area contributed by atoms with Gasteiger partial charge in [-0.1, -0.05) is 6.07 Å². The zero-order valence-electron chi connectivity index (χ0n) is 16.6. The van der Waals surface area contributed by atoms with Crippen LogP contribution in [-0.4, -0.2) is 77.8 Å². The van der Waals surface area contributed by atoms with Gasteiger partial charge >= 0.3 is 0 Å². The Morgan fingerprint density at radius 3 is 2.82 bits per heavy atom. The van der Waals surface area contributed by atoms with Crippen LogP contribution in [0.4, 0.5) is 5.69 Å². The number of nitro groups is 1. The summed E-state index contributed by atoms with van der Waals surface area (Å²) in [5.41, 5.74) is 0.0328. The number of thioether (sulfide) groups is 1. The molecule has 0 saturated carbocycles. The van der Waals surface area contributed by atoms with Gasteiger partial charge in [-0.05, 0) is 51.4 Å². The van der Waals surface area contributed by atoms with Crippen molar-refractivity contribution in [2.24, 2.45) is 0 Å². The first-order valence-corrected chi connectivity index (χ1v) is 10.7. The molecule has 0 spiro atoms. The number of benzene rings is 1. The molecule has 1 N–H and O–H groups in total. The van der Waals surface area contributed by atoms with Crippen LogP contribution in [0.25, 0.3) is 0 Å². The molecule has 1 aromatic rings. The van der Waals surface area contributed by atoms with E-state index in [2.05, 4.69) is 10.2 Å². The van der Waals surface area contributed by atoms with Gasteiger partial charge in [0.15, 0.2) is 0 Å². The Morgan fingerprint density at radius 2 is 2.18 bits per heavy atom. The third kappa shape index (κ3) is 5.93. The fourth-order valence-electron chi connectivity index (χ4n) is 3.29. The second kappa shape index (κ2) is 10.4. The molecule has 2 amide bonds. The number of carbonyl (C=O) groups is 2. The first-order chi connectivity index (χ1) is 13.3. The van der Waals surface area contributed by atoms with E-state index in [4.69, 9.17) is 0 Å². The molecule has 2 rings (SSSR count). The fraction of sp³-hybridized carbons (Fsp3) is 0.579. The third-order valence-electron chi connectivity index (χ3n) is 4.97. The number of amides is 2. The molecular weight excluding hydrogens is 380 g/mol. The Labute approximate surface area is 169 Å². The van der Waals surface area contributed by atoms with Crippen molar-refractivity contribution >= 4 is 29.3 Å². The summed E-state index contributed by atoms with van der Waals surface area (Å²) in [5, 5.41) is 13.7. The Hall–Kier alpha value is -2.13. The highest BCUT2D eigenvalue weighted by molar-refractivity contribution is 7.98. The van der Waals surface area contributed by atoms with Crippen molar-refractivity contribution in [3.05, 3.63) is 39.9 Å². The van der Waals surface area contributed by atoms with Gasteiger partial charge in [-0.3, -0.25) is 19.7 Å². The molecular formula is C19H28N4O4S. The molecule has 1 heterocycles. The minimum Gasteiger partial charge on any atom is -0.340 e. The van der Waals surface area contributed by atoms with E-state index < -0.39 is 16.9 Å². The van der Waals surface area contributed by atoms with Gasteiger partial charge in [-0.25, -0.2) is 0 Å². The first kappa shape index (κ1) is 22.2. The summed E-state index contributed by atoms with van der Waals surface area (Å²) in [5.74, 6) is 0.181. The maximum Gasteiger partial charge on any atom is 0.270 e. The normalized spacial score (nSPS) is 18.0. The molecule has 8 nitrogen and oxygen atoms in total. The second-order valence-electron chi connectivity index (χ2n) is 7.16. The van der Waals surface area contributed by atoms with Crippen LogP contribution in [0.5, 0.6) is 0 Å². The van der Waals surface area contributed by atoms with E-state index in [0.29, 0.717) is 25.6 Å². The van der Waals surface area contributed by atoms with Crippen LogP contribution in [0.15, 0.2) is 24.3 Å². The minimum atomic E-state index is -0.639. The number of rotatable bonds is 8. The molecule has 2 unspecified atom stereocenters. The number of nitro benzene ring substituents is 1. The Morgan fingerprint density at radius 1 is 1.43 bits per heavy atom. The van der Waals surface area contributed by atoms with Crippen LogP contribution in [-0.2, 0) is 4.79 Å². The SMILES string of the molecule is CSCCC(NC(=O)c1cccc([N+](=O)[O-])c1)C(=O)N1CCCC(N(C)C)C1. The van der Waals surface area contributed by atoms with Crippen LogP contribution >= 0.6 is 11.8 Å². The van der Waals surface area contributed by atoms with E-state index >= 15 is 0 Å². The van der Waals surface area contributed by atoms with Crippen molar-refractivity contribution in [3.63, 3.8) is 0 Å². The van der Waals surface area contributed by atoms with Gasteiger partial charge < -0.3 is 15.1 Å². The number of nitrogens with zero attached hydrogens (tertiary/aromatic N) is 3. The zero-order chi connectivity index (χ0) is 20.7. The van der Waals surface area contributed by atoms with Crippen LogP contribution in [0.2, 0.25) is 0 Å². The number of hydrogen-bond donors (Lipinski definition) is 1. The average Bonchev–Trinajstić information content (AvgIpc) is 2.70. The molecule has 0 aromatic heterocycles. The predicted octanol–water partition coefficient (Wildman–Crippen LogP) is 2.00. The standard InChI is InChI=1S/C19H28N4O4S/c1-21(2)16-8-5-10-22(13-16)19(25)17(9-11-28-3)20-18(24)14-6-4-7-15(12-14)23(26)27/h4,6-7,12,16-17H,5,8-11,13H2,1-3H3,(H,20,24). The molecule has 1 aromatic carbocycles. The summed E-state index contributed by atoms with van der Waals surface area (Å²) >= 11 is 1.61. The number of likely N-dealkylation sites (N-methyl/N-ethyl adjacent to an activating group) is 1. The minimum absolute atomic E-state index is 0.0839. The summed E-state index contributed by atoms with van der Waals surface area (Å²) in [6.45, 7) is 1.33. The Kier molecular flexibility index (Phi) is 8.25. The number of likely N-dealkylation sites (tertiary alicyclic amines) is 1. The van der Waals surface area contributed by atoms with E-state index in [0.717, 1.165) is 18.6 Å². The van der Waals surface area contributed by atoms with Crippen LogP contribution < -0.4 is 5.32 Å². The lowest BCUT2D eigenvalue weighted by molar-refractivity contribution is -0.384. The van der Waals surface area contributed by atoms with Gasteiger partial charge in [0.1, 0.15) is 6.04 Å².